The molecular weight excluding hydrogens is 366 g/mol. The summed E-state index contributed by atoms with van der Waals surface area (Å²) in [5, 5.41) is 0. The molecule has 0 aliphatic rings. The van der Waals surface area contributed by atoms with Crippen LogP contribution >= 0.6 is 7.82 Å². The Morgan fingerprint density at radius 1 is 0.840 bits per heavy atom. The van der Waals surface area contributed by atoms with E-state index in [0.717, 1.165) is 32.1 Å². The van der Waals surface area contributed by atoms with E-state index in [1.54, 1.807) is 0 Å². The van der Waals surface area contributed by atoms with E-state index in [4.69, 9.17) is 9.79 Å². The van der Waals surface area contributed by atoms with Crippen LogP contribution in [0.25, 0.3) is 0 Å². The minimum absolute atomic E-state index is 0. The van der Waals surface area contributed by atoms with Crippen molar-refractivity contribution in [1.29, 1.82) is 0 Å². The fourth-order valence-corrected chi connectivity index (χ4v) is 2.87. The summed E-state index contributed by atoms with van der Waals surface area (Å²) in [6.07, 6.45) is 19.8. The molecule has 5 nitrogen and oxygen atoms in total. The summed E-state index contributed by atoms with van der Waals surface area (Å²) in [5.41, 5.74) is 0. The predicted molar refractivity (Wildman–Crippen MR) is 105 cm³/mol. The van der Waals surface area contributed by atoms with E-state index >= 15 is 0 Å². The maximum absolute atomic E-state index is 11.1. The molecule has 2 N–H and O–H groups in total. The summed E-state index contributed by atoms with van der Waals surface area (Å²) in [6.45, 7) is 2.24. The van der Waals surface area contributed by atoms with Gasteiger partial charge in [-0.25, -0.2) is 4.57 Å². The fourth-order valence-electron chi connectivity index (χ4n) is 2.52. The van der Waals surface area contributed by atoms with Crippen LogP contribution in [0.4, 0.5) is 0 Å². The topological polar surface area (TPSA) is 83.8 Å². The number of unbranched alkanes of at least 4 members (excludes halogenated alkanes) is 11. The molecule has 144 valence electrons. The van der Waals surface area contributed by atoms with Crippen molar-refractivity contribution in [3.63, 3.8) is 0 Å². The van der Waals surface area contributed by atoms with Crippen molar-refractivity contribution >= 4 is 65.2 Å². The van der Waals surface area contributed by atoms with Crippen LogP contribution in [-0.4, -0.2) is 67.1 Å². The monoisotopic (exact) mass is 402 g/mol. The van der Waals surface area contributed by atoms with Crippen LogP contribution in [0, 0.1) is 0 Å². The van der Waals surface area contributed by atoms with E-state index in [-0.39, 0.29) is 57.8 Å². The molecule has 0 aromatic rings. The quantitative estimate of drug-likeness (QED) is 0.164. The molecule has 0 aromatic carbocycles. The summed E-state index contributed by atoms with van der Waals surface area (Å²) in [4.78, 5) is 28.0. The first-order valence-corrected chi connectivity index (χ1v) is 10.9. The van der Waals surface area contributed by atoms with Gasteiger partial charge >= 0.3 is 65.2 Å². The molecule has 0 aliphatic carbocycles. The number of hydrogen-bond acceptors (Lipinski definition) is 3. The number of hydrogen-bond donors (Lipinski definition) is 2. The molecule has 0 radical (unpaired) electrons. The number of allylic oxidation sites excluding steroid dienone is 2. The molecule has 0 fully saturated rings. The third kappa shape index (κ3) is 25.0. The Bertz CT molecular complexity index is 382. The van der Waals surface area contributed by atoms with Crippen LogP contribution in [0.2, 0.25) is 0 Å². The van der Waals surface area contributed by atoms with Crippen LogP contribution in [-0.2, 0) is 13.9 Å². The molecule has 7 heteroatoms. The predicted octanol–water partition coefficient (Wildman–Crippen LogP) is 5.01. The number of phosphoric ester groups is 1. The van der Waals surface area contributed by atoms with Crippen LogP contribution in [0.15, 0.2) is 12.2 Å². The Labute approximate surface area is 196 Å². The summed E-state index contributed by atoms with van der Waals surface area (Å²) >= 11 is 0. The fraction of sp³-hybridized carbons (Fsp3) is 0.833. The Balaban J connectivity index is 0. The molecule has 0 unspecified atom stereocenters. The van der Waals surface area contributed by atoms with Crippen molar-refractivity contribution in [2.24, 2.45) is 0 Å². The first-order chi connectivity index (χ1) is 11.5. The molecular formula is C18H36KO5P. The minimum atomic E-state index is -4.67. The Kier molecular flexibility index (Phi) is 22.3. The van der Waals surface area contributed by atoms with E-state index in [1.165, 1.54) is 44.9 Å². The van der Waals surface area contributed by atoms with E-state index in [2.05, 4.69) is 23.6 Å². The third-order valence-electron chi connectivity index (χ3n) is 3.86. The van der Waals surface area contributed by atoms with Gasteiger partial charge in [-0.05, 0) is 32.1 Å². The van der Waals surface area contributed by atoms with Gasteiger partial charge < -0.3 is 4.52 Å². The second-order valence-corrected chi connectivity index (χ2v) is 7.45. The number of carbonyl (C=O) groups is 1. The van der Waals surface area contributed by atoms with E-state index < -0.39 is 13.8 Å². The maximum atomic E-state index is 11.1. The zero-order valence-corrected chi connectivity index (χ0v) is 16.0. The first-order valence-electron chi connectivity index (χ1n) is 9.38. The molecule has 0 heterocycles. The molecule has 25 heavy (non-hydrogen) atoms. The standard InChI is InChI=1S/C18H35O5P.K.H/c1-2-3-4-5-6-7-8-9-10-11-12-13-14-15-16-17-18(19)23-24(20,21)22;;/h9-10H,2-8,11-17H2,1H3,(H2,20,21,22);;. The number of rotatable bonds is 16. The average molecular weight is 403 g/mol. The summed E-state index contributed by atoms with van der Waals surface area (Å²) in [6, 6.07) is 0. The molecule has 0 aliphatic heterocycles. The van der Waals surface area contributed by atoms with Crippen LogP contribution in [0.5, 0.6) is 0 Å². The molecule has 0 aromatic heterocycles. The van der Waals surface area contributed by atoms with Crippen molar-refractivity contribution in [3.05, 3.63) is 12.2 Å². The molecule has 0 amide bonds. The molecule has 0 bridgehead atoms. The molecule has 0 spiro atoms. The van der Waals surface area contributed by atoms with Gasteiger partial charge in [-0.15, -0.1) is 0 Å². The van der Waals surface area contributed by atoms with Gasteiger partial charge in [0.1, 0.15) is 0 Å². The summed E-state index contributed by atoms with van der Waals surface area (Å²) in [5.74, 6) is -0.819. The molecule has 0 atom stereocenters. The SMILES string of the molecule is CCCCCCCCC=CCCCCCCCC(=O)OP(=O)(O)O.[KH]. The van der Waals surface area contributed by atoms with Crippen molar-refractivity contribution < 1.29 is 23.7 Å². The molecule has 0 rings (SSSR count). The van der Waals surface area contributed by atoms with Gasteiger partial charge in [0.2, 0.25) is 0 Å². The number of phosphoric acid groups is 1. The normalized spacial score (nSPS) is 11.5. The van der Waals surface area contributed by atoms with Crippen molar-refractivity contribution in [2.75, 3.05) is 0 Å². The summed E-state index contributed by atoms with van der Waals surface area (Å²) in [7, 11) is -4.67. The van der Waals surface area contributed by atoms with Crippen molar-refractivity contribution in [2.45, 2.75) is 96.8 Å². The Morgan fingerprint density at radius 2 is 1.28 bits per heavy atom. The average Bonchev–Trinajstić information content (AvgIpc) is 2.49. The summed E-state index contributed by atoms with van der Waals surface area (Å²) < 4.78 is 14.4. The van der Waals surface area contributed by atoms with Gasteiger partial charge in [0.25, 0.3) is 0 Å². The van der Waals surface area contributed by atoms with E-state index in [0.29, 0.717) is 6.42 Å². The van der Waals surface area contributed by atoms with Gasteiger partial charge in [0.05, 0.1) is 0 Å². The second kappa shape index (κ2) is 19.7. The van der Waals surface area contributed by atoms with E-state index in [9.17, 15) is 9.36 Å². The third-order valence-corrected chi connectivity index (χ3v) is 4.30. The van der Waals surface area contributed by atoms with Gasteiger partial charge in [-0.1, -0.05) is 70.4 Å². The van der Waals surface area contributed by atoms with Gasteiger partial charge in [-0.2, -0.15) is 0 Å². The Morgan fingerprint density at radius 3 is 1.76 bits per heavy atom. The van der Waals surface area contributed by atoms with Gasteiger partial charge in [0, 0.05) is 6.42 Å². The first kappa shape index (κ1) is 28.2. The molecule has 0 saturated heterocycles. The van der Waals surface area contributed by atoms with Crippen molar-refractivity contribution in [3.8, 4) is 0 Å². The Hall–Kier alpha value is 0.996. The zero-order valence-electron chi connectivity index (χ0n) is 15.1. The van der Waals surface area contributed by atoms with Crippen LogP contribution in [0.3, 0.4) is 0 Å². The second-order valence-electron chi connectivity index (χ2n) is 6.29. The van der Waals surface area contributed by atoms with Gasteiger partial charge in [-0.3, -0.25) is 14.6 Å². The number of carbonyl (C=O) groups excluding carboxylic acids is 1. The van der Waals surface area contributed by atoms with Crippen LogP contribution < -0.4 is 0 Å². The molecule has 0 saturated carbocycles. The van der Waals surface area contributed by atoms with E-state index in [1.807, 2.05) is 0 Å². The van der Waals surface area contributed by atoms with Gasteiger partial charge in [0.15, 0.2) is 0 Å². The van der Waals surface area contributed by atoms with Crippen molar-refractivity contribution in [1.82, 2.24) is 0 Å². The zero-order chi connectivity index (χ0) is 18.1. The van der Waals surface area contributed by atoms with Crippen LogP contribution in [0.1, 0.15) is 96.8 Å².